The van der Waals surface area contributed by atoms with Crippen LogP contribution in [0.4, 0.5) is 18.9 Å². The maximum atomic E-state index is 13.2. The van der Waals surface area contributed by atoms with Gasteiger partial charge in [0.1, 0.15) is 0 Å². The molecule has 13 heteroatoms. The Balaban J connectivity index is 1.39. The molecule has 1 aliphatic heterocycles. The van der Waals surface area contributed by atoms with Crippen molar-refractivity contribution >= 4 is 37.5 Å². The van der Waals surface area contributed by atoms with E-state index in [9.17, 15) is 26.4 Å². The molecule has 1 amide bonds. The molecule has 1 N–H and O–H groups in total. The van der Waals surface area contributed by atoms with Gasteiger partial charge >= 0.3 is 6.18 Å². The molecule has 0 unspecified atom stereocenters. The van der Waals surface area contributed by atoms with Crippen molar-refractivity contribution in [3.63, 3.8) is 0 Å². The molecule has 180 valence electrons. The monoisotopic (exact) mass is 550 g/mol. The highest BCUT2D eigenvalue weighted by atomic mass is 79.9. The second-order valence-electron chi connectivity index (χ2n) is 7.88. The summed E-state index contributed by atoms with van der Waals surface area (Å²) >= 11 is 3.03. The number of ether oxygens (including phenoxy) is 1. The SMILES string of the molecule is O=C(CCn1nc(C(F)(F)F)c(Br)c1C1CC1)Nc1ccc(S(=O)(=O)N2CCOCC2)cc1. The first kappa shape index (κ1) is 24.2. The van der Waals surface area contributed by atoms with Crippen LogP contribution in [0.15, 0.2) is 33.6 Å². The molecular weight excluding hydrogens is 529 g/mol. The summed E-state index contributed by atoms with van der Waals surface area (Å²) < 4.78 is 72.7. The molecule has 1 aromatic carbocycles. The summed E-state index contributed by atoms with van der Waals surface area (Å²) in [4.78, 5) is 12.5. The van der Waals surface area contributed by atoms with Crippen LogP contribution in [-0.4, -0.2) is 54.7 Å². The number of anilines is 1. The van der Waals surface area contributed by atoms with Gasteiger partial charge in [-0.25, -0.2) is 8.42 Å². The maximum Gasteiger partial charge on any atom is 0.436 e. The van der Waals surface area contributed by atoms with E-state index in [4.69, 9.17) is 4.74 Å². The summed E-state index contributed by atoms with van der Waals surface area (Å²) in [6.07, 6.45) is -3.10. The lowest BCUT2D eigenvalue weighted by atomic mass is 10.2. The summed E-state index contributed by atoms with van der Waals surface area (Å²) in [6, 6.07) is 5.78. The van der Waals surface area contributed by atoms with Gasteiger partial charge in [0.05, 0.1) is 34.8 Å². The fraction of sp³-hybridized carbons (Fsp3) is 0.500. The summed E-state index contributed by atoms with van der Waals surface area (Å²) in [5, 5.41) is 6.33. The summed E-state index contributed by atoms with van der Waals surface area (Å²) in [5.41, 5.74) is -0.129. The molecule has 0 bridgehead atoms. The van der Waals surface area contributed by atoms with Gasteiger partial charge in [-0.05, 0) is 53.0 Å². The molecule has 4 rings (SSSR count). The number of morpholine rings is 1. The number of nitrogens with zero attached hydrogens (tertiary/aromatic N) is 3. The molecule has 2 heterocycles. The number of halogens is 4. The fourth-order valence-corrected chi connectivity index (χ4v) is 5.87. The first-order chi connectivity index (χ1) is 15.6. The molecule has 1 aromatic heterocycles. The average molecular weight is 551 g/mol. The number of aromatic nitrogens is 2. The zero-order valence-corrected chi connectivity index (χ0v) is 19.8. The number of carbonyl (C=O) groups is 1. The number of aryl methyl sites for hydroxylation is 1. The van der Waals surface area contributed by atoms with Crippen LogP contribution in [0.25, 0.3) is 0 Å². The van der Waals surface area contributed by atoms with Gasteiger partial charge in [0, 0.05) is 31.1 Å². The van der Waals surface area contributed by atoms with E-state index in [1.165, 1.54) is 33.3 Å². The van der Waals surface area contributed by atoms with E-state index in [0.29, 0.717) is 24.6 Å². The summed E-state index contributed by atoms with van der Waals surface area (Å²) in [7, 11) is -3.64. The Kier molecular flexibility index (Phi) is 6.85. The van der Waals surface area contributed by atoms with Gasteiger partial charge in [-0.3, -0.25) is 9.48 Å². The number of hydrogen-bond acceptors (Lipinski definition) is 5. The molecule has 2 aromatic rings. The molecule has 2 aliphatic rings. The van der Waals surface area contributed by atoms with Crippen molar-refractivity contribution in [2.24, 2.45) is 0 Å². The predicted molar refractivity (Wildman–Crippen MR) is 116 cm³/mol. The van der Waals surface area contributed by atoms with Crippen LogP contribution < -0.4 is 5.32 Å². The van der Waals surface area contributed by atoms with Crippen molar-refractivity contribution in [3.05, 3.63) is 40.1 Å². The second kappa shape index (κ2) is 9.35. The number of amides is 1. The molecule has 0 radical (unpaired) electrons. The Morgan fingerprint density at radius 2 is 1.82 bits per heavy atom. The van der Waals surface area contributed by atoms with Crippen LogP contribution in [-0.2, 0) is 32.3 Å². The number of sulfonamides is 1. The minimum absolute atomic E-state index is 0.00413. The molecule has 1 saturated carbocycles. The predicted octanol–water partition coefficient (Wildman–Crippen LogP) is 3.59. The second-order valence-corrected chi connectivity index (χ2v) is 10.6. The number of nitrogens with one attached hydrogen (secondary N) is 1. The first-order valence-corrected chi connectivity index (χ1v) is 12.6. The minimum atomic E-state index is -4.58. The van der Waals surface area contributed by atoms with Crippen LogP contribution in [0.3, 0.4) is 0 Å². The fourth-order valence-electron chi connectivity index (χ4n) is 3.63. The zero-order valence-electron chi connectivity index (χ0n) is 17.4. The molecule has 1 saturated heterocycles. The number of rotatable bonds is 7. The highest BCUT2D eigenvalue weighted by Crippen LogP contribution is 2.47. The number of hydrogen-bond donors (Lipinski definition) is 1. The van der Waals surface area contributed by atoms with Crippen molar-refractivity contribution < 1.29 is 31.1 Å². The average Bonchev–Trinajstić information content (AvgIpc) is 3.55. The minimum Gasteiger partial charge on any atom is -0.379 e. The van der Waals surface area contributed by atoms with Crippen molar-refractivity contribution in [2.45, 2.75) is 42.8 Å². The molecule has 33 heavy (non-hydrogen) atoms. The third-order valence-corrected chi connectivity index (χ3v) is 8.16. The van der Waals surface area contributed by atoms with Crippen LogP contribution in [0, 0.1) is 0 Å². The van der Waals surface area contributed by atoms with Gasteiger partial charge in [-0.15, -0.1) is 0 Å². The largest absolute Gasteiger partial charge is 0.436 e. The highest BCUT2D eigenvalue weighted by molar-refractivity contribution is 9.10. The van der Waals surface area contributed by atoms with Gasteiger partial charge < -0.3 is 10.1 Å². The Hall–Kier alpha value is -1.96. The van der Waals surface area contributed by atoms with Gasteiger partial charge in [-0.1, -0.05) is 0 Å². The van der Waals surface area contributed by atoms with E-state index in [0.717, 1.165) is 12.8 Å². The van der Waals surface area contributed by atoms with Crippen molar-refractivity contribution in [2.75, 3.05) is 31.6 Å². The third kappa shape index (κ3) is 5.42. The standard InChI is InChI=1S/C20H22BrF3N4O4S/c21-17-18(13-1-2-13)28(26-19(17)20(22,23)24)8-7-16(29)25-14-3-5-15(6-4-14)33(30,31)27-9-11-32-12-10-27/h3-6,13H,1-2,7-12H2,(H,25,29). The first-order valence-electron chi connectivity index (χ1n) is 10.4. The highest BCUT2D eigenvalue weighted by Gasteiger charge is 2.41. The van der Waals surface area contributed by atoms with Gasteiger partial charge in [0.2, 0.25) is 15.9 Å². The lowest BCUT2D eigenvalue weighted by molar-refractivity contribution is -0.142. The molecule has 8 nitrogen and oxygen atoms in total. The molecular formula is C20H22BrF3N4O4S. The third-order valence-electron chi connectivity index (χ3n) is 5.46. The molecule has 0 atom stereocenters. The van der Waals surface area contributed by atoms with E-state index in [-0.39, 0.29) is 41.3 Å². The van der Waals surface area contributed by atoms with Crippen molar-refractivity contribution in [1.29, 1.82) is 0 Å². The Bertz CT molecular complexity index is 1130. The summed E-state index contributed by atoms with van der Waals surface area (Å²) in [5.74, 6) is -0.410. The Morgan fingerprint density at radius 1 is 1.18 bits per heavy atom. The Morgan fingerprint density at radius 3 is 2.39 bits per heavy atom. The van der Waals surface area contributed by atoms with Crippen LogP contribution in [0.1, 0.15) is 36.6 Å². The molecule has 2 fully saturated rings. The van der Waals surface area contributed by atoms with E-state index >= 15 is 0 Å². The Labute approximate surface area is 197 Å². The molecule has 0 spiro atoms. The number of carbonyl (C=O) groups excluding carboxylic acids is 1. The van der Waals surface area contributed by atoms with Crippen LogP contribution in [0.2, 0.25) is 0 Å². The molecule has 1 aliphatic carbocycles. The smallest absolute Gasteiger partial charge is 0.379 e. The maximum absolute atomic E-state index is 13.2. The quantitative estimate of drug-likeness (QED) is 0.568. The van der Waals surface area contributed by atoms with E-state index in [1.54, 1.807) is 0 Å². The van der Waals surface area contributed by atoms with Crippen molar-refractivity contribution in [3.8, 4) is 0 Å². The van der Waals surface area contributed by atoms with Crippen LogP contribution in [0.5, 0.6) is 0 Å². The van der Waals surface area contributed by atoms with Crippen LogP contribution >= 0.6 is 15.9 Å². The van der Waals surface area contributed by atoms with E-state index in [2.05, 4.69) is 26.3 Å². The van der Waals surface area contributed by atoms with E-state index in [1.807, 2.05) is 0 Å². The normalized spacial score (nSPS) is 17.8. The van der Waals surface area contributed by atoms with Gasteiger partial charge in [-0.2, -0.15) is 22.6 Å². The number of alkyl halides is 3. The van der Waals surface area contributed by atoms with E-state index < -0.39 is 27.8 Å². The van der Waals surface area contributed by atoms with Gasteiger partial charge in [0.15, 0.2) is 5.69 Å². The number of benzene rings is 1. The van der Waals surface area contributed by atoms with Gasteiger partial charge in [0.25, 0.3) is 0 Å². The lowest BCUT2D eigenvalue weighted by Gasteiger charge is -2.26. The lowest BCUT2D eigenvalue weighted by Crippen LogP contribution is -2.40. The zero-order chi connectivity index (χ0) is 23.8. The summed E-state index contributed by atoms with van der Waals surface area (Å²) in [6.45, 7) is 1.24. The topological polar surface area (TPSA) is 93.5 Å². The van der Waals surface area contributed by atoms with Crippen molar-refractivity contribution in [1.82, 2.24) is 14.1 Å².